The first-order chi connectivity index (χ1) is 12.5. The molecule has 0 aliphatic carbocycles. The molecule has 0 aliphatic heterocycles. The minimum absolute atomic E-state index is 0.0816. The molecule has 2 aromatic rings. The van der Waals surface area contributed by atoms with Crippen LogP contribution in [-0.4, -0.2) is 26.0 Å². The first-order valence-corrected chi connectivity index (χ1v) is 8.16. The van der Waals surface area contributed by atoms with Crippen LogP contribution in [0.2, 0.25) is 0 Å². The molecule has 0 saturated heterocycles. The molecule has 2 amide bonds. The van der Waals surface area contributed by atoms with E-state index in [1.54, 1.807) is 63.6 Å². The molecule has 0 unspecified atom stereocenters. The van der Waals surface area contributed by atoms with E-state index in [2.05, 4.69) is 10.6 Å². The van der Waals surface area contributed by atoms with Crippen LogP contribution in [0.4, 0.5) is 11.4 Å². The lowest BCUT2D eigenvalue weighted by molar-refractivity contribution is -0.116. The van der Waals surface area contributed by atoms with Crippen molar-refractivity contribution in [3.8, 4) is 11.5 Å². The molecule has 26 heavy (non-hydrogen) atoms. The van der Waals surface area contributed by atoms with Crippen LogP contribution in [0.5, 0.6) is 11.5 Å². The van der Waals surface area contributed by atoms with Crippen LogP contribution in [0, 0.1) is 0 Å². The molecule has 0 bridgehead atoms. The topological polar surface area (TPSA) is 76.7 Å². The molecule has 0 aromatic heterocycles. The van der Waals surface area contributed by atoms with Crippen molar-refractivity contribution in [3.63, 3.8) is 0 Å². The molecule has 6 nitrogen and oxygen atoms in total. The van der Waals surface area contributed by atoms with Crippen LogP contribution in [0.25, 0.3) is 6.08 Å². The van der Waals surface area contributed by atoms with Gasteiger partial charge in [0, 0.05) is 23.9 Å². The van der Waals surface area contributed by atoms with Crippen LogP contribution in [0.3, 0.4) is 0 Å². The Bertz CT molecular complexity index is 815. The van der Waals surface area contributed by atoms with Gasteiger partial charge in [-0.25, -0.2) is 0 Å². The lowest BCUT2D eigenvalue weighted by Crippen LogP contribution is -2.11. The van der Waals surface area contributed by atoms with Crippen LogP contribution in [0.15, 0.2) is 48.5 Å². The number of rotatable bonds is 7. The predicted molar refractivity (Wildman–Crippen MR) is 103 cm³/mol. The Hall–Kier alpha value is -3.28. The number of benzene rings is 2. The Morgan fingerprint density at radius 3 is 2.31 bits per heavy atom. The Kier molecular flexibility index (Phi) is 6.79. The average molecular weight is 354 g/mol. The van der Waals surface area contributed by atoms with Gasteiger partial charge in [0.25, 0.3) is 0 Å². The van der Waals surface area contributed by atoms with Gasteiger partial charge in [-0.3, -0.25) is 9.59 Å². The molecule has 6 heteroatoms. The maximum Gasteiger partial charge on any atom is 0.248 e. The van der Waals surface area contributed by atoms with Gasteiger partial charge >= 0.3 is 0 Å². The third kappa shape index (κ3) is 5.37. The van der Waals surface area contributed by atoms with Crippen LogP contribution in [-0.2, 0) is 9.59 Å². The van der Waals surface area contributed by atoms with Crippen molar-refractivity contribution in [2.45, 2.75) is 13.3 Å². The number of hydrogen-bond acceptors (Lipinski definition) is 4. The van der Waals surface area contributed by atoms with Gasteiger partial charge in [0.05, 0.1) is 14.2 Å². The van der Waals surface area contributed by atoms with Gasteiger partial charge in [-0.1, -0.05) is 19.1 Å². The largest absolute Gasteiger partial charge is 0.493 e. The third-order valence-electron chi connectivity index (χ3n) is 3.57. The molecule has 0 aliphatic rings. The fourth-order valence-corrected chi connectivity index (χ4v) is 2.24. The molecule has 0 heterocycles. The predicted octanol–water partition coefficient (Wildman–Crippen LogP) is 3.70. The molecule has 0 atom stereocenters. The first kappa shape index (κ1) is 19.1. The van der Waals surface area contributed by atoms with Crippen LogP contribution >= 0.6 is 0 Å². The summed E-state index contributed by atoms with van der Waals surface area (Å²) < 4.78 is 10.4. The number of methoxy groups -OCH3 is 2. The third-order valence-corrected chi connectivity index (χ3v) is 3.57. The Morgan fingerprint density at radius 1 is 0.962 bits per heavy atom. The van der Waals surface area contributed by atoms with E-state index >= 15 is 0 Å². The maximum absolute atomic E-state index is 12.1. The number of amides is 2. The van der Waals surface area contributed by atoms with Gasteiger partial charge in [-0.05, 0) is 42.0 Å². The minimum Gasteiger partial charge on any atom is -0.493 e. The Labute approximate surface area is 152 Å². The lowest BCUT2D eigenvalue weighted by atomic mass is 10.2. The fourth-order valence-electron chi connectivity index (χ4n) is 2.24. The molecule has 2 rings (SSSR count). The summed E-state index contributed by atoms with van der Waals surface area (Å²) >= 11 is 0. The van der Waals surface area contributed by atoms with Crippen molar-refractivity contribution >= 4 is 29.3 Å². The smallest absolute Gasteiger partial charge is 0.248 e. The quantitative estimate of drug-likeness (QED) is 0.743. The van der Waals surface area contributed by atoms with Gasteiger partial charge in [0.15, 0.2) is 11.5 Å². The standard InChI is InChI=1S/C20H22N2O4/c1-4-19(23)21-15-6-5-7-16(13-15)22-20(24)11-9-14-8-10-17(25-2)18(12-14)26-3/h5-13H,4H2,1-3H3,(H,21,23)(H,22,24)/b11-9+. The average Bonchev–Trinajstić information content (AvgIpc) is 2.66. The monoisotopic (exact) mass is 354 g/mol. The second-order valence-electron chi connectivity index (χ2n) is 5.42. The summed E-state index contributed by atoms with van der Waals surface area (Å²) in [6.45, 7) is 1.78. The zero-order chi connectivity index (χ0) is 18.9. The number of carbonyl (C=O) groups excluding carboxylic acids is 2. The number of hydrogen-bond donors (Lipinski definition) is 2. The second kappa shape index (κ2) is 9.27. The van der Waals surface area contributed by atoms with Crippen molar-refractivity contribution in [2.75, 3.05) is 24.9 Å². The highest BCUT2D eigenvalue weighted by Gasteiger charge is 2.04. The molecule has 0 spiro atoms. The highest BCUT2D eigenvalue weighted by molar-refractivity contribution is 6.02. The summed E-state index contributed by atoms with van der Waals surface area (Å²) in [6.07, 6.45) is 3.50. The maximum atomic E-state index is 12.1. The highest BCUT2D eigenvalue weighted by atomic mass is 16.5. The molecule has 0 fully saturated rings. The molecular formula is C20H22N2O4. The lowest BCUT2D eigenvalue weighted by Gasteiger charge is -2.08. The molecular weight excluding hydrogens is 332 g/mol. The van der Waals surface area contributed by atoms with E-state index in [1.807, 2.05) is 6.07 Å². The summed E-state index contributed by atoms with van der Waals surface area (Å²) in [5, 5.41) is 5.51. The van der Waals surface area contributed by atoms with E-state index in [-0.39, 0.29) is 11.8 Å². The zero-order valence-corrected chi connectivity index (χ0v) is 15.0. The van der Waals surface area contributed by atoms with E-state index in [0.29, 0.717) is 29.3 Å². The molecule has 136 valence electrons. The van der Waals surface area contributed by atoms with Crippen LogP contribution in [0.1, 0.15) is 18.9 Å². The van der Waals surface area contributed by atoms with Gasteiger partial charge in [-0.15, -0.1) is 0 Å². The number of ether oxygens (including phenoxy) is 2. The Balaban J connectivity index is 2.03. The van der Waals surface area contributed by atoms with Crippen molar-refractivity contribution in [2.24, 2.45) is 0 Å². The first-order valence-electron chi connectivity index (χ1n) is 8.16. The molecule has 0 radical (unpaired) electrons. The van der Waals surface area contributed by atoms with E-state index < -0.39 is 0 Å². The SMILES string of the molecule is CCC(=O)Nc1cccc(NC(=O)/C=C/c2ccc(OC)c(OC)c2)c1. The van der Waals surface area contributed by atoms with E-state index in [9.17, 15) is 9.59 Å². The summed E-state index contributed by atoms with van der Waals surface area (Å²) in [7, 11) is 3.13. The van der Waals surface area contributed by atoms with Gasteiger partial charge in [0.1, 0.15) is 0 Å². The highest BCUT2D eigenvalue weighted by Crippen LogP contribution is 2.28. The second-order valence-corrected chi connectivity index (χ2v) is 5.42. The summed E-state index contributed by atoms with van der Waals surface area (Å²) in [4.78, 5) is 23.6. The number of anilines is 2. The fraction of sp³-hybridized carbons (Fsp3) is 0.200. The zero-order valence-electron chi connectivity index (χ0n) is 15.0. The van der Waals surface area contributed by atoms with Crippen molar-refractivity contribution in [1.29, 1.82) is 0 Å². The number of nitrogens with one attached hydrogen (secondary N) is 2. The van der Waals surface area contributed by atoms with E-state index in [4.69, 9.17) is 9.47 Å². The Morgan fingerprint density at radius 2 is 1.65 bits per heavy atom. The van der Waals surface area contributed by atoms with Gasteiger partial charge in [0.2, 0.25) is 11.8 Å². The molecule has 2 N–H and O–H groups in total. The van der Waals surface area contributed by atoms with Crippen molar-refractivity contribution in [3.05, 3.63) is 54.1 Å². The normalized spacial score (nSPS) is 10.4. The van der Waals surface area contributed by atoms with Crippen molar-refractivity contribution in [1.82, 2.24) is 0 Å². The van der Waals surface area contributed by atoms with Gasteiger partial charge in [-0.2, -0.15) is 0 Å². The van der Waals surface area contributed by atoms with E-state index in [0.717, 1.165) is 5.56 Å². The van der Waals surface area contributed by atoms with Crippen molar-refractivity contribution < 1.29 is 19.1 Å². The summed E-state index contributed by atoms with van der Waals surface area (Å²) in [6, 6.07) is 12.4. The van der Waals surface area contributed by atoms with Crippen LogP contribution < -0.4 is 20.1 Å². The van der Waals surface area contributed by atoms with E-state index in [1.165, 1.54) is 6.08 Å². The summed E-state index contributed by atoms with van der Waals surface area (Å²) in [5.74, 6) is 0.857. The minimum atomic E-state index is -0.279. The van der Waals surface area contributed by atoms with Gasteiger partial charge < -0.3 is 20.1 Å². The molecule has 2 aromatic carbocycles. The summed E-state index contributed by atoms with van der Waals surface area (Å²) in [5.41, 5.74) is 2.04. The number of carbonyl (C=O) groups is 2. The molecule has 0 saturated carbocycles.